The molecule has 2 aliphatic heterocycles. The molecule has 0 aliphatic carbocycles. The van der Waals surface area contributed by atoms with Gasteiger partial charge in [-0.15, -0.1) is 5.10 Å². The second kappa shape index (κ2) is 6.28. The van der Waals surface area contributed by atoms with Crippen molar-refractivity contribution in [2.24, 2.45) is 0 Å². The van der Waals surface area contributed by atoms with Gasteiger partial charge in [-0.1, -0.05) is 41.6 Å². The smallest absolute Gasteiger partial charge is 0.218 e. The number of benzene rings is 2. The van der Waals surface area contributed by atoms with Crippen LogP contribution in [0.5, 0.6) is 0 Å². The van der Waals surface area contributed by atoms with Crippen molar-refractivity contribution >= 4 is 16.6 Å². The molecule has 132 valence electrons. The lowest BCUT2D eigenvalue weighted by Crippen LogP contribution is -2.40. The SMILES string of the molecule is O=C1C[C@H](OCc2cn(-c3cccc4ccccc34)nn2)[C@H]2CO[C@@H]1O2. The minimum atomic E-state index is -0.702. The van der Waals surface area contributed by atoms with E-state index in [0.29, 0.717) is 18.7 Å². The maximum atomic E-state index is 11.8. The molecule has 2 aromatic carbocycles. The predicted octanol–water partition coefficient (Wildman–Crippen LogP) is 2.02. The van der Waals surface area contributed by atoms with E-state index in [2.05, 4.69) is 28.5 Å². The normalized spacial score (nSPS) is 25.1. The maximum Gasteiger partial charge on any atom is 0.218 e. The maximum absolute atomic E-state index is 11.8. The molecule has 2 saturated heterocycles. The summed E-state index contributed by atoms with van der Waals surface area (Å²) in [5, 5.41) is 10.7. The van der Waals surface area contributed by atoms with Crippen LogP contribution in [-0.2, 0) is 25.6 Å². The Balaban J connectivity index is 1.33. The number of hydrogen-bond donors (Lipinski definition) is 0. The molecular weight excluding hydrogens is 334 g/mol. The molecule has 7 heteroatoms. The van der Waals surface area contributed by atoms with Gasteiger partial charge in [0.2, 0.25) is 6.29 Å². The molecule has 0 N–H and O–H groups in total. The van der Waals surface area contributed by atoms with Crippen LogP contribution < -0.4 is 0 Å². The van der Waals surface area contributed by atoms with E-state index in [0.717, 1.165) is 16.5 Å². The second-order valence-electron chi connectivity index (χ2n) is 6.51. The number of carbonyl (C=O) groups is 1. The zero-order valence-corrected chi connectivity index (χ0v) is 13.9. The highest BCUT2D eigenvalue weighted by Crippen LogP contribution is 2.27. The van der Waals surface area contributed by atoms with Gasteiger partial charge in [-0.2, -0.15) is 0 Å². The summed E-state index contributed by atoms with van der Waals surface area (Å²) in [5.74, 6) is -0.0665. The summed E-state index contributed by atoms with van der Waals surface area (Å²) < 4.78 is 18.4. The Morgan fingerprint density at radius 2 is 2.08 bits per heavy atom. The third-order valence-electron chi connectivity index (χ3n) is 4.79. The van der Waals surface area contributed by atoms with Crippen LogP contribution in [0.2, 0.25) is 0 Å². The number of rotatable bonds is 4. The van der Waals surface area contributed by atoms with E-state index < -0.39 is 6.29 Å². The van der Waals surface area contributed by atoms with Crippen molar-refractivity contribution in [3.63, 3.8) is 0 Å². The van der Waals surface area contributed by atoms with Crippen molar-refractivity contribution in [1.29, 1.82) is 0 Å². The number of aromatic nitrogens is 3. The Bertz CT molecular complexity index is 965. The lowest BCUT2D eigenvalue weighted by Gasteiger charge is -2.25. The van der Waals surface area contributed by atoms with Crippen LogP contribution in [0, 0.1) is 0 Å². The van der Waals surface area contributed by atoms with E-state index in [1.165, 1.54) is 0 Å². The van der Waals surface area contributed by atoms with Crippen molar-refractivity contribution in [3.8, 4) is 5.69 Å². The summed E-state index contributed by atoms with van der Waals surface area (Å²) in [5.41, 5.74) is 1.66. The van der Waals surface area contributed by atoms with Crippen LogP contribution in [0.15, 0.2) is 48.7 Å². The topological polar surface area (TPSA) is 75.5 Å². The minimum absolute atomic E-state index is 0.0665. The highest BCUT2D eigenvalue weighted by Gasteiger charge is 2.43. The van der Waals surface area contributed by atoms with Crippen LogP contribution in [0.1, 0.15) is 12.1 Å². The molecule has 3 heterocycles. The molecule has 0 spiro atoms. The first-order valence-corrected chi connectivity index (χ1v) is 8.59. The summed E-state index contributed by atoms with van der Waals surface area (Å²) in [4.78, 5) is 11.8. The van der Waals surface area contributed by atoms with Gasteiger partial charge in [-0.05, 0) is 11.5 Å². The first kappa shape index (κ1) is 15.6. The van der Waals surface area contributed by atoms with Crippen LogP contribution in [0.3, 0.4) is 0 Å². The molecule has 7 nitrogen and oxygen atoms in total. The molecule has 1 aromatic heterocycles. The molecule has 3 atom stereocenters. The fourth-order valence-corrected chi connectivity index (χ4v) is 3.46. The summed E-state index contributed by atoms with van der Waals surface area (Å²) in [7, 11) is 0. The quantitative estimate of drug-likeness (QED) is 0.716. The number of carbonyl (C=O) groups excluding carboxylic acids is 1. The minimum Gasteiger partial charge on any atom is -0.369 e. The molecule has 0 saturated carbocycles. The van der Waals surface area contributed by atoms with Crippen molar-refractivity contribution < 1.29 is 19.0 Å². The van der Waals surface area contributed by atoms with Gasteiger partial charge in [0.15, 0.2) is 5.78 Å². The zero-order chi connectivity index (χ0) is 17.5. The van der Waals surface area contributed by atoms with Gasteiger partial charge in [0, 0.05) is 11.8 Å². The van der Waals surface area contributed by atoms with Crippen LogP contribution in [0.25, 0.3) is 16.5 Å². The van der Waals surface area contributed by atoms with Gasteiger partial charge in [0.1, 0.15) is 11.8 Å². The van der Waals surface area contributed by atoms with Crippen LogP contribution >= 0.6 is 0 Å². The lowest BCUT2D eigenvalue weighted by atomic mass is 10.1. The van der Waals surface area contributed by atoms with Gasteiger partial charge in [0.25, 0.3) is 0 Å². The van der Waals surface area contributed by atoms with Gasteiger partial charge < -0.3 is 14.2 Å². The highest BCUT2D eigenvalue weighted by atomic mass is 16.7. The van der Waals surface area contributed by atoms with Gasteiger partial charge in [0.05, 0.1) is 31.2 Å². The predicted molar refractivity (Wildman–Crippen MR) is 91.7 cm³/mol. The summed E-state index contributed by atoms with van der Waals surface area (Å²) in [6, 6.07) is 14.2. The Morgan fingerprint density at radius 3 is 3.04 bits per heavy atom. The van der Waals surface area contributed by atoms with Crippen molar-refractivity contribution in [1.82, 2.24) is 15.0 Å². The number of fused-ring (bicyclic) bond motifs is 3. The summed E-state index contributed by atoms with van der Waals surface area (Å²) in [6.07, 6.45) is 0.968. The molecule has 0 amide bonds. The molecule has 2 fully saturated rings. The fourth-order valence-electron chi connectivity index (χ4n) is 3.46. The first-order valence-electron chi connectivity index (χ1n) is 8.59. The monoisotopic (exact) mass is 351 g/mol. The number of Topliss-reactive ketones (excluding diaryl/α,β-unsaturated/α-hetero) is 1. The molecular formula is C19H17N3O4. The largest absolute Gasteiger partial charge is 0.369 e. The van der Waals surface area contributed by atoms with E-state index in [4.69, 9.17) is 14.2 Å². The molecule has 3 aromatic rings. The van der Waals surface area contributed by atoms with Crippen LogP contribution in [0.4, 0.5) is 0 Å². The van der Waals surface area contributed by atoms with Gasteiger partial charge in [-0.25, -0.2) is 4.68 Å². The Kier molecular flexibility index (Phi) is 3.77. The van der Waals surface area contributed by atoms with E-state index >= 15 is 0 Å². The summed E-state index contributed by atoms with van der Waals surface area (Å²) in [6.45, 7) is 0.664. The van der Waals surface area contributed by atoms with E-state index in [1.807, 2.05) is 30.5 Å². The van der Waals surface area contributed by atoms with Crippen molar-refractivity contribution in [2.45, 2.75) is 31.5 Å². The Hall–Kier alpha value is -2.61. The van der Waals surface area contributed by atoms with Crippen molar-refractivity contribution in [3.05, 3.63) is 54.4 Å². The molecule has 26 heavy (non-hydrogen) atoms. The molecule has 5 rings (SSSR count). The first-order chi connectivity index (χ1) is 12.8. The zero-order valence-electron chi connectivity index (χ0n) is 13.9. The third kappa shape index (κ3) is 2.70. The highest BCUT2D eigenvalue weighted by molar-refractivity contribution is 5.89. The molecule has 0 radical (unpaired) electrons. The average molecular weight is 351 g/mol. The number of ether oxygens (including phenoxy) is 3. The van der Waals surface area contributed by atoms with E-state index in [9.17, 15) is 4.79 Å². The molecule has 2 aliphatic rings. The van der Waals surface area contributed by atoms with Gasteiger partial charge >= 0.3 is 0 Å². The lowest BCUT2D eigenvalue weighted by molar-refractivity contribution is -0.168. The second-order valence-corrected chi connectivity index (χ2v) is 6.51. The number of nitrogens with zero attached hydrogens (tertiary/aromatic N) is 3. The third-order valence-corrected chi connectivity index (χ3v) is 4.79. The molecule has 0 unspecified atom stereocenters. The fraction of sp³-hybridized carbons (Fsp3) is 0.316. The van der Waals surface area contributed by atoms with Crippen molar-refractivity contribution in [2.75, 3.05) is 6.61 Å². The van der Waals surface area contributed by atoms with Crippen LogP contribution in [-0.4, -0.2) is 45.9 Å². The average Bonchev–Trinajstić information content (AvgIpc) is 3.32. The standard InChI is InChI=1S/C19H17N3O4/c23-16-8-17(18-11-25-19(16)26-18)24-10-13-9-22(21-20-13)15-7-3-5-12-4-1-2-6-14(12)15/h1-7,9,17-19H,8,10-11H2/t17-,18+,19+/m0/s1. The number of hydrogen-bond acceptors (Lipinski definition) is 6. The van der Waals surface area contributed by atoms with E-state index in [-0.39, 0.29) is 24.6 Å². The van der Waals surface area contributed by atoms with Gasteiger partial charge in [-0.3, -0.25) is 4.79 Å². The van der Waals surface area contributed by atoms with E-state index in [1.54, 1.807) is 4.68 Å². The summed E-state index contributed by atoms with van der Waals surface area (Å²) >= 11 is 0. The Morgan fingerprint density at radius 1 is 1.19 bits per heavy atom. The number of ketones is 1. The molecule has 2 bridgehead atoms. The Labute approximate surface area is 149 Å².